The zero-order valence-electron chi connectivity index (χ0n) is 16.2. The number of ether oxygens (including phenoxy) is 1. The van der Waals surface area contributed by atoms with Gasteiger partial charge in [0.1, 0.15) is 0 Å². The van der Waals surface area contributed by atoms with E-state index in [1.54, 1.807) is 11.6 Å². The third-order valence-electron chi connectivity index (χ3n) is 3.71. The highest BCUT2D eigenvalue weighted by molar-refractivity contribution is 7.99. The number of tetrazole rings is 1. The van der Waals surface area contributed by atoms with Crippen LogP contribution < -0.4 is 5.32 Å². The molecule has 0 saturated carbocycles. The first-order chi connectivity index (χ1) is 12.8. The van der Waals surface area contributed by atoms with Crippen LogP contribution >= 0.6 is 11.8 Å². The zero-order valence-corrected chi connectivity index (χ0v) is 17.0. The molecular weight excluding hydrogens is 366 g/mol. The van der Waals surface area contributed by atoms with E-state index in [2.05, 4.69) is 20.8 Å². The molecule has 0 fully saturated rings. The van der Waals surface area contributed by atoms with Crippen LogP contribution in [0.3, 0.4) is 0 Å². The molecule has 2 rings (SSSR count). The first kappa shape index (κ1) is 20.9. The Balaban J connectivity index is 1.94. The second kappa shape index (κ2) is 9.50. The lowest BCUT2D eigenvalue weighted by molar-refractivity contribution is -0.152. The van der Waals surface area contributed by atoms with Crippen LogP contribution in [-0.2, 0) is 14.3 Å². The molecular formula is C18H25N5O3S. The minimum Gasteiger partial charge on any atom is -0.452 e. The van der Waals surface area contributed by atoms with Gasteiger partial charge < -0.3 is 10.1 Å². The molecule has 27 heavy (non-hydrogen) atoms. The quantitative estimate of drug-likeness (QED) is 0.543. The van der Waals surface area contributed by atoms with Crippen molar-refractivity contribution in [2.75, 3.05) is 12.3 Å². The Labute approximate surface area is 163 Å². The number of amides is 1. The lowest BCUT2D eigenvalue weighted by Crippen LogP contribution is -2.37. The van der Waals surface area contributed by atoms with Crippen molar-refractivity contribution in [2.45, 2.75) is 45.9 Å². The number of hydrogen-bond acceptors (Lipinski definition) is 7. The van der Waals surface area contributed by atoms with Gasteiger partial charge in [0.05, 0.1) is 11.4 Å². The summed E-state index contributed by atoms with van der Waals surface area (Å²) in [7, 11) is 0. The highest BCUT2D eigenvalue weighted by Crippen LogP contribution is 2.21. The Kier molecular flexibility index (Phi) is 7.35. The van der Waals surface area contributed by atoms with Crippen molar-refractivity contribution in [3.63, 3.8) is 0 Å². The summed E-state index contributed by atoms with van der Waals surface area (Å²) in [4.78, 5) is 24.0. The predicted octanol–water partition coefficient (Wildman–Crippen LogP) is 2.08. The summed E-state index contributed by atoms with van der Waals surface area (Å²) >= 11 is 1.16. The normalized spacial score (nSPS) is 12.1. The first-order valence-electron chi connectivity index (χ1n) is 8.74. The van der Waals surface area contributed by atoms with Crippen molar-refractivity contribution in [1.29, 1.82) is 0 Å². The Hall–Kier alpha value is -2.42. The molecule has 0 bridgehead atoms. The molecule has 0 saturated heterocycles. The number of thioether (sulfide) groups is 1. The molecule has 8 nitrogen and oxygen atoms in total. The fraction of sp³-hybridized carbons (Fsp3) is 0.500. The third-order valence-corrected chi connectivity index (χ3v) is 4.61. The molecule has 1 aromatic carbocycles. The second-order valence-electron chi connectivity index (χ2n) is 6.72. The van der Waals surface area contributed by atoms with Gasteiger partial charge in [-0.2, -0.15) is 4.68 Å². The van der Waals surface area contributed by atoms with Crippen LogP contribution in [0.1, 0.15) is 31.9 Å². The fourth-order valence-electron chi connectivity index (χ4n) is 2.22. The van der Waals surface area contributed by atoms with E-state index in [-0.39, 0.29) is 11.7 Å². The van der Waals surface area contributed by atoms with E-state index in [9.17, 15) is 9.59 Å². The maximum absolute atomic E-state index is 12.1. The third kappa shape index (κ3) is 6.06. The molecule has 9 heteroatoms. The van der Waals surface area contributed by atoms with E-state index in [0.717, 1.165) is 28.6 Å². The molecule has 0 radical (unpaired) electrons. The summed E-state index contributed by atoms with van der Waals surface area (Å²) in [5, 5.41) is 14.9. The summed E-state index contributed by atoms with van der Waals surface area (Å²) < 4.78 is 6.78. The number of nitrogens with zero attached hydrogens (tertiary/aromatic N) is 4. The van der Waals surface area contributed by atoms with Crippen LogP contribution in [0.2, 0.25) is 0 Å². The maximum Gasteiger partial charge on any atom is 0.317 e. The van der Waals surface area contributed by atoms with Crippen molar-refractivity contribution in [2.24, 2.45) is 5.92 Å². The van der Waals surface area contributed by atoms with E-state index in [1.807, 2.05) is 45.9 Å². The van der Waals surface area contributed by atoms with Crippen molar-refractivity contribution in [3.05, 3.63) is 29.3 Å². The summed E-state index contributed by atoms with van der Waals surface area (Å²) in [6.07, 6.45) is -0.841. The Morgan fingerprint density at radius 3 is 2.70 bits per heavy atom. The molecule has 0 spiro atoms. The molecule has 0 aliphatic carbocycles. The van der Waals surface area contributed by atoms with Gasteiger partial charge >= 0.3 is 5.97 Å². The summed E-state index contributed by atoms with van der Waals surface area (Å²) in [6, 6.07) is 5.99. The van der Waals surface area contributed by atoms with E-state index in [1.165, 1.54) is 0 Å². The van der Waals surface area contributed by atoms with Gasteiger partial charge in [0.25, 0.3) is 5.91 Å². The molecule has 0 unspecified atom stereocenters. The number of esters is 1. The summed E-state index contributed by atoms with van der Waals surface area (Å²) in [5.74, 6) is -0.464. The van der Waals surface area contributed by atoms with Crippen LogP contribution in [0.15, 0.2) is 23.4 Å². The van der Waals surface area contributed by atoms with Crippen molar-refractivity contribution >= 4 is 23.6 Å². The Morgan fingerprint density at radius 1 is 1.26 bits per heavy atom. The lowest BCUT2D eigenvalue weighted by Gasteiger charge is -2.14. The number of benzene rings is 1. The van der Waals surface area contributed by atoms with Crippen LogP contribution in [0.25, 0.3) is 5.69 Å². The molecule has 1 heterocycles. The van der Waals surface area contributed by atoms with Crippen molar-refractivity contribution < 1.29 is 14.3 Å². The van der Waals surface area contributed by atoms with Gasteiger partial charge in [-0.1, -0.05) is 37.7 Å². The van der Waals surface area contributed by atoms with E-state index < -0.39 is 12.1 Å². The number of carbonyl (C=O) groups excluding carboxylic acids is 2. The predicted molar refractivity (Wildman–Crippen MR) is 103 cm³/mol. The minimum atomic E-state index is -0.841. The highest BCUT2D eigenvalue weighted by atomic mass is 32.2. The average molecular weight is 391 g/mol. The molecule has 1 aromatic heterocycles. The summed E-state index contributed by atoms with van der Waals surface area (Å²) in [5.41, 5.74) is 2.97. The Bertz CT molecular complexity index is 806. The van der Waals surface area contributed by atoms with Gasteiger partial charge in [-0.15, -0.1) is 5.10 Å². The molecule has 1 N–H and O–H groups in total. The van der Waals surface area contributed by atoms with Gasteiger partial charge in [-0.3, -0.25) is 9.59 Å². The fourth-order valence-corrected chi connectivity index (χ4v) is 2.89. The van der Waals surface area contributed by atoms with E-state index in [4.69, 9.17) is 4.74 Å². The standard InChI is InChI=1S/C18H25N5O3S/c1-11(2)9-19-17(25)14(5)26-16(24)10-27-18-20-21-22-23(18)15-8-12(3)6-7-13(15)4/h6-8,11,14H,9-10H2,1-5H3,(H,19,25)/t14-/m0/s1. The smallest absolute Gasteiger partial charge is 0.317 e. The van der Waals surface area contributed by atoms with Crippen molar-refractivity contribution in [1.82, 2.24) is 25.5 Å². The van der Waals surface area contributed by atoms with Gasteiger partial charge in [0.2, 0.25) is 5.16 Å². The van der Waals surface area contributed by atoms with Gasteiger partial charge in [0.15, 0.2) is 6.10 Å². The molecule has 1 amide bonds. The monoisotopic (exact) mass is 391 g/mol. The van der Waals surface area contributed by atoms with Crippen LogP contribution in [0.5, 0.6) is 0 Å². The van der Waals surface area contributed by atoms with Gasteiger partial charge in [-0.25, -0.2) is 0 Å². The largest absolute Gasteiger partial charge is 0.452 e. The van der Waals surface area contributed by atoms with E-state index >= 15 is 0 Å². The maximum atomic E-state index is 12.1. The first-order valence-corrected chi connectivity index (χ1v) is 9.72. The highest BCUT2D eigenvalue weighted by Gasteiger charge is 2.19. The molecule has 1 atom stereocenters. The van der Waals surface area contributed by atoms with Gasteiger partial charge in [-0.05, 0) is 54.3 Å². The topological polar surface area (TPSA) is 99.0 Å². The van der Waals surface area contributed by atoms with Gasteiger partial charge in [0, 0.05) is 6.54 Å². The number of nitrogens with one attached hydrogen (secondary N) is 1. The Morgan fingerprint density at radius 2 is 2.00 bits per heavy atom. The number of aryl methyl sites for hydroxylation is 2. The van der Waals surface area contributed by atoms with Crippen LogP contribution in [-0.4, -0.2) is 50.5 Å². The minimum absolute atomic E-state index is 0.00698. The van der Waals surface area contributed by atoms with Crippen LogP contribution in [0, 0.1) is 19.8 Å². The van der Waals surface area contributed by atoms with E-state index in [0.29, 0.717) is 17.6 Å². The number of carbonyl (C=O) groups is 2. The molecule has 0 aliphatic heterocycles. The number of rotatable bonds is 8. The average Bonchev–Trinajstić information content (AvgIpc) is 3.08. The zero-order chi connectivity index (χ0) is 20.0. The SMILES string of the molecule is Cc1ccc(C)c(-n2nnnc2SCC(=O)O[C@@H](C)C(=O)NCC(C)C)c1. The number of hydrogen-bond donors (Lipinski definition) is 1. The molecule has 2 aromatic rings. The lowest BCUT2D eigenvalue weighted by atomic mass is 10.1. The molecule has 146 valence electrons. The number of aromatic nitrogens is 4. The van der Waals surface area contributed by atoms with Crippen LogP contribution in [0.4, 0.5) is 0 Å². The summed E-state index contributed by atoms with van der Waals surface area (Å²) in [6.45, 7) is 10.0. The second-order valence-corrected chi connectivity index (χ2v) is 7.67. The molecule has 0 aliphatic rings. The van der Waals surface area contributed by atoms with Crippen molar-refractivity contribution in [3.8, 4) is 5.69 Å².